The maximum Gasteiger partial charge on any atom is 0.165 e. The lowest BCUT2D eigenvalue weighted by Crippen LogP contribution is -2.08. The smallest absolute Gasteiger partial charge is 0.165 e. The molecule has 0 bridgehead atoms. The second kappa shape index (κ2) is 13.7. The number of fused-ring (bicyclic) bond motifs is 1. The molecule has 180 valence electrons. The Morgan fingerprint density at radius 1 is 0.941 bits per heavy atom. The minimum atomic E-state index is -0.364. The van der Waals surface area contributed by atoms with E-state index in [-0.39, 0.29) is 18.2 Å². The van der Waals surface area contributed by atoms with Gasteiger partial charge in [-0.05, 0) is 84.3 Å². The molecule has 3 heteroatoms. The van der Waals surface area contributed by atoms with Crippen molar-refractivity contribution >= 4 is 16.8 Å². The summed E-state index contributed by atoms with van der Waals surface area (Å²) in [5, 5.41) is 2.31. The average Bonchev–Trinajstić information content (AvgIpc) is 2.85. The monoisotopic (exact) mass is 460 g/mol. The fraction of sp³-hybridized carbons (Fsp3) is 0.355. The average molecular weight is 461 g/mol. The first-order valence-corrected chi connectivity index (χ1v) is 12.5. The van der Waals surface area contributed by atoms with Gasteiger partial charge in [-0.2, -0.15) is 0 Å². The van der Waals surface area contributed by atoms with Gasteiger partial charge in [0, 0.05) is 6.61 Å². The van der Waals surface area contributed by atoms with Crippen molar-refractivity contribution in [2.24, 2.45) is 0 Å². The van der Waals surface area contributed by atoms with E-state index in [2.05, 4.69) is 62.9 Å². The highest BCUT2D eigenvalue weighted by molar-refractivity contribution is 5.89. The SMILES string of the molecule is C=CCOc1ccc(-c2ccc3cc(/C=C/CCCC(C)OCCCCC)ccc3c2)cc1F. The number of hydrogen-bond donors (Lipinski definition) is 0. The van der Waals surface area contributed by atoms with E-state index in [0.29, 0.717) is 6.10 Å². The molecule has 34 heavy (non-hydrogen) atoms. The molecule has 1 unspecified atom stereocenters. The van der Waals surface area contributed by atoms with E-state index >= 15 is 0 Å². The zero-order valence-corrected chi connectivity index (χ0v) is 20.6. The van der Waals surface area contributed by atoms with Crippen LogP contribution in [-0.4, -0.2) is 19.3 Å². The summed E-state index contributed by atoms with van der Waals surface area (Å²) in [6, 6.07) is 17.8. The molecule has 0 aliphatic rings. The quantitative estimate of drug-likeness (QED) is 0.176. The minimum absolute atomic E-state index is 0.245. The van der Waals surface area contributed by atoms with E-state index in [4.69, 9.17) is 9.47 Å². The third-order valence-electron chi connectivity index (χ3n) is 5.93. The molecule has 0 fully saturated rings. The molecule has 0 heterocycles. The van der Waals surface area contributed by atoms with Crippen LogP contribution in [0.15, 0.2) is 73.3 Å². The van der Waals surface area contributed by atoms with E-state index < -0.39 is 0 Å². The number of allylic oxidation sites excluding steroid dienone is 1. The highest BCUT2D eigenvalue weighted by Crippen LogP contribution is 2.29. The number of ether oxygens (including phenoxy) is 2. The van der Waals surface area contributed by atoms with Gasteiger partial charge in [-0.1, -0.05) is 74.9 Å². The minimum Gasteiger partial charge on any atom is -0.486 e. The molecule has 0 amide bonds. The van der Waals surface area contributed by atoms with Crippen LogP contribution in [0.2, 0.25) is 0 Å². The van der Waals surface area contributed by atoms with E-state index in [0.717, 1.165) is 42.4 Å². The largest absolute Gasteiger partial charge is 0.486 e. The molecular formula is C31H37FO2. The summed E-state index contributed by atoms with van der Waals surface area (Å²) in [4.78, 5) is 0. The van der Waals surface area contributed by atoms with Gasteiger partial charge in [-0.15, -0.1) is 0 Å². The molecular weight excluding hydrogens is 423 g/mol. The number of benzene rings is 3. The Bertz CT molecular complexity index is 1090. The van der Waals surface area contributed by atoms with Crippen molar-refractivity contribution in [1.82, 2.24) is 0 Å². The van der Waals surface area contributed by atoms with Gasteiger partial charge in [0.2, 0.25) is 0 Å². The Kier molecular flexibility index (Phi) is 10.4. The highest BCUT2D eigenvalue weighted by Gasteiger charge is 2.07. The van der Waals surface area contributed by atoms with E-state index in [1.165, 1.54) is 36.3 Å². The van der Waals surface area contributed by atoms with Gasteiger partial charge in [-0.25, -0.2) is 4.39 Å². The third-order valence-corrected chi connectivity index (χ3v) is 5.93. The summed E-state index contributed by atoms with van der Waals surface area (Å²) < 4.78 is 25.6. The molecule has 3 aromatic carbocycles. The molecule has 0 N–H and O–H groups in total. The van der Waals surface area contributed by atoms with Crippen LogP contribution in [0.3, 0.4) is 0 Å². The van der Waals surface area contributed by atoms with Crippen LogP contribution < -0.4 is 4.74 Å². The summed E-state index contributed by atoms with van der Waals surface area (Å²) in [5.41, 5.74) is 3.01. The van der Waals surface area contributed by atoms with Gasteiger partial charge in [0.25, 0.3) is 0 Å². The number of hydrogen-bond acceptors (Lipinski definition) is 2. The molecule has 1 atom stereocenters. The molecule has 0 aliphatic carbocycles. The summed E-state index contributed by atoms with van der Waals surface area (Å²) in [6.45, 7) is 9.15. The second-order valence-electron chi connectivity index (χ2n) is 8.79. The van der Waals surface area contributed by atoms with Gasteiger partial charge in [0.15, 0.2) is 11.6 Å². The first-order chi connectivity index (χ1) is 16.6. The zero-order chi connectivity index (χ0) is 24.2. The molecule has 0 radical (unpaired) electrons. The Balaban J connectivity index is 1.55. The Labute approximate surface area is 204 Å². The van der Waals surface area contributed by atoms with E-state index in [1.54, 1.807) is 12.1 Å². The lowest BCUT2D eigenvalue weighted by Gasteiger charge is -2.12. The standard InChI is InChI=1S/C31H37FO2/c1-4-6-10-20-33-24(3)11-8-7-9-12-25-13-14-27-22-28(16-15-26(27)21-25)29-17-18-31(30(32)23-29)34-19-5-2/h5,9,12-18,21-24H,2,4,6-8,10-11,19-20H2,1,3H3/b12-9+. The van der Waals surface area contributed by atoms with Crippen molar-refractivity contribution in [2.75, 3.05) is 13.2 Å². The summed E-state index contributed by atoms with van der Waals surface area (Å²) in [6.07, 6.45) is 13.3. The third kappa shape index (κ3) is 7.85. The fourth-order valence-corrected chi connectivity index (χ4v) is 3.96. The Morgan fingerprint density at radius 3 is 2.50 bits per heavy atom. The molecule has 0 aromatic heterocycles. The van der Waals surface area contributed by atoms with E-state index in [9.17, 15) is 4.39 Å². The Morgan fingerprint density at radius 2 is 1.71 bits per heavy atom. The predicted molar refractivity (Wildman–Crippen MR) is 143 cm³/mol. The van der Waals surface area contributed by atoms with E-state index in [1.807, 2.05) is 12.1 Å². The van der Waals surface area contributed by atoms with Crippen molar-refractivity contribution < 1.29 is 13.9 Å². The summed E-state index contributed by atoms with van der Waals surface area (Å²) in [5.74, 6) is -0.118. The van der Waals surface area contributed by atoms with Crippen LogP contribution in [0.25, 0.3) is 28.0 Å². The fourth-order valence-electron chi connectivity index (χ4n) is 3.96. The maximum atomic E-state index is 14.4. The lowest BCUT2D eigenvalue weighted by atomic mass is 9.99. The first kappa shape index (κ1) is 25.7. The van der Waals surface area contributed by atoms with Gasteiger partial charge in [-0.3, -0.25) is 0 Å². The zero-order valence-electron chi connectivity index (χ0n) is 20.6. The molecule has 3 rings (SSSR count). The number of unbranched alkanes of at least 4 members (excludes halogenated alkanes) is 3. The van der Waals surface area contributed by atoms with Crippen LogP contribution >= 0.6 is 0 Å². The first-order valence-electron chi connectivity index (χ1n) is 12.5. The molecule has 2 nitrogen and oxygen atoms in total. The van der Waals surface area contributed by atoms with Crippen molar-refractivity contribution in [2.45, 2.75) is 58.5 Å². The molecule has 0 spiro atoms. The van der Waals surface area contributed by atoms with Crippen LogP contribution in [0.4, 0.5) is 4.39 Å². The van der Waals surface area contributed by atoms with Gasteiger partial charge in [0.1, 0.15) is 6.61 Å². The van der Waals surface area contributed by atoms with Crippen LogP contribution in [0.1, 0.15) is 57.9 Å². The molecule has 3 aromatic rings. The summed E-state index contributed by atoms with van der Waals surface area (Å²) >= 11 is 0. The number of halogens is 1. The second-order valence-corrected chi connectivity index (χ2v) is 8.79. The topological polar surface area (TPSA) is 18.5 Å². The van der Waals surface area contributed by atoms with Crippen LogP contribution in [-0.2, 0) is 4.74 Å². The van der Waals surface area contributed by atoms with Crippen LogP contribution in [0.5, 0.6) is 5.75 Å². The summed E-state index contributed by atoms with van der Waals surface area (Å²) in [7, 11) is 0. The number of rotatable bonds is 14. The molecule has 0 saturated carbocycles. The van der Waals surface area contributed by atoms with Crippen LogP contribution in [0, 0.1) is 5.82 Å². The van der Waals surface area contributed by atoms with Crippen molar-refractivity contribution in [3.63, 3.8) is 0 Å². The molecule has 0 aliphatic heterocycles. The van der Waals surface area contributed by atoms with Crippen molar-refractivity contribution in [1.29, 1.82) is 0 Å². The lowest BCUT2D eigenvalue weighted by molar-refractivity contribution is 0.0566. The van der Waals surface area contributed by atoms with Gasteiger partial charge in [0.05, 0.1) is 6.10 Å². The molecule has 0 saturated heterocycles. The van der Waals surface area contributed by atoms with Gasteiger partial charge < -0.3 is 9.47 Å². The van der Waals surface area contributed by atoms with Gasteiger partial charge >= 0.3 is 0 Å². The van der Waals surface area contributed by atoms with Crippen molar-refractivity contribution in [3.05, 3.63) is 84.7 Å². The normalized spacial score (nSPS) is 12.3. The Hall–Kier alpha value is -2.91. The predicted octanol–water partition coefficient (Wildman–Crippen LogP) is 8.99. The van der Waals surface area contributed by atoms with Crippen molar-refractivity contribution in [3.8, 4) is 16.9 Å². The highest BCUT2D eigenvalue weighted by atomic mass is 19.1. The maximum absolute atomic E-state index is 14.4.